The fourth-order valence-corrected chi connectivity index (χ4v) is 1.54. The molecule has 1 aromatic rings. The van der Waals surface area contributed by atoms with Crippen molar-refractivity contribution in [2.45, 2.75) is 6.10 Å². The Morgan fingerprint density at radius 1 is 1.50 bits per heavy atom. The summed E-state index contributed by atoms with van der Waals surface area (Å²) < 4.78 is 24.3. The third kappa shape index (κ3) is 4.08. The van der Waals surface area contributed by atoms with E-state index in [2.05, 4.69) is 21.2 Å². The van der Waals surface area contributed by atoms with Crippen molar-refractivity contribution in [3.8, 4) is 5.75 Å². The Balaban J connectivity index is 2.65. The van der Waals surface area contributed by atoms with Crippen LogP contribution >= 0.6 is 15.9 Å². The zero-order valence-corrected chi connectivity index (χ0v) is 10.9. The average Bonchev–Trinajstić information content (AvgIpc) is 2.24. The lowest BCUT2D eigenvalue weighted by atomic mass is 10.3. The van der Waals surface area contributed by atoms with Crippen molar-refractivity contribution in [2.75, 3.05) is 27.3 Å². The molecule has 90 valence electrons. The van der Waals surface area contributed by atoms with E-state index in [1.807, 2.05) is 7.05 Å². The zero-order chi connectivity index (χ0) is 12.0. The van der Waals surface area contributed by atoms with Gasteiger partial charge in [-0.1, -0.05) is 0 Å². The maximum Gasteiger partial charge on any atom is 0.141 e. The largest absolute Gasteiger partial charge is 0.487 e. The van der Waals surface area contributed by atoms with Crippen LogP contribution in [0.25, 0.3) is 0 Å². The van der Waals surface area contributed by atoms with E-state index in [0.717, 1.165) is 0 Å². The number of halogens is 2. The summed E-state index contributed by atoms with van der Waals surface area (Å²) in [5.41, 5.74) is 0. The van der Waals surface area contributed by atoms with Gasteiger partial charge in [0.15, 0.2) is 0 Å². The fraction of sp³-hybridized carbons (Fsp3) is 0.455. The first kappa shape index (κ1) is 13.4. The van der Waals surface area contributed by atoms with E-state index in [9.17, 15) is 4.39 Å². The SMILES string of the molecule is CNCC(COC)Oc1ccc(Br)c(F)c1. The molecule has 0 aromatic heterocycles. The van der Waals surface area contributed by atoms with E-state index in [-0.39, 0.29) is 11.9 Å². The summed E-state index contributed by atoms with van der Waals surface area (Å²) in [6.07, 6.45) is -0.129. The van der Waals surface area contributed by atoms with Gasteiger partial charge in [-0.2, -0.15) is 0 Å². The predicted molar refractivity (Wildman–Crippen MR) is 64.3 cm³/mol. The topological polar surface area (TPSA) is 30.5 Å². The van der Waals surface area contributed by atoms with Crippen LogP contribution in [-0.4, -0.2) is 33.4 Å². The third-order valence-corrected chi connectivity index (χ3v) is 2.62. The molecule has 0 aliphatic rings. The van der Waals surface area contributed by atoms with Gasteiger partial charge in [0.2, 0.25) is 0 Å². The summed E-state index contributed by atoms with van der Waals surface area (Å²) >= 11 is 3.09. The third-order valence-electron chi connectivity index (χ3n) is 1.98. The van der Waals surface area contributed by atoms with Crippen LogP contribution in [0.2, 0.25) is 0 Å². The second-order valence-corrected chi connectivity index (χ2v) is 4.18. The highest BCUT2D eigenvalue weighted by molar-refractivity contribution is 9.10. The maximum absolute atomic E-state index is 13.2. The molecule has 0 aliphatic heterocycles. The van der Waals surface area contributed by atoms with Gasteiger partial charge in [0, 0.05) is 19.7 Å². The molecule has 3 nitrogen and oxygen atoms in total. The van der Waals surface area contributed by atoms with Gasteiger partial charge < -0.3 is 14.8 Å². The summed E-state index contributed by atoms with van der Waals surface area (Å²) in [5.74, 6) is 0.163. The molecular weight excluding hydrogens is 277 g/mol. The maximum atomic E-state index is 13.2. The minimum absolute atomic E-state index is 0.129. The zero-order valence-electron chi connectivity index (χ0n) is 9.30. The number of benzene rings is 1. The number of hydrogen-bond acceptors (Lipinski definition) is 3. The molecular formula is C11H15BrFNO2. The summed E-state index contributed by atoms with van der Waals surface area (Å²) in [4.78, 5) is 0. The molecule has 1 atom stereocenters. The molecule has 0 aliphatic carbocycles. The van der Waals surface area contributed by atoms with E-state index in [0.29, 0.717) is 23.4 Å². The van der Waals surface area contributed by atoms with Crippen molar-refractivity contribution in [3.63, 3.8) is 0 Å². The van der Waals surface area contributed by atoms with Crippen LogP contribution in [0.3, 0.4) is 0 Å². The quantitative estimate of drug-likeness (QED) is 0.872. The van der Waals surface area contributed by atoms with Crippen LogP contribution in [0.15, 0.2) is 22.7 Å². The molecule has 1 rings (SSSR count). The minimum Gasteiger partial charge on any atom is -0.487 e. The summed E-state index contributed by atoms with van der Waals surface area (Å²) in [5, 5.41) is 2.99. The Morgan fingerprint density at radius 2 is 2.25 bits per heavy atom. The number of hydrogen-bond donors (Lipinski definition) is 1. The predicted octanol–water partition coefficient (Wildman–Crippen LogP) is 2.20. The van der Waals surface area contributed by atoms with E-state index in [1.165, 1.54) is 6.07 Å². The van der Waals surface area contributed by atoms with Crippen LogP contribution in [0, 0.1) is 5.82 Å². The highest BCUT2D eigenvalue weighted by atomic mass is 79.9. The minimum atomic E-state index is -0.335. The molecule has 0 amide bonds. The Hall–Kier alpha value is -0.650. The van der Waals surface area contributed by atoms with Crippen LogP contribution in [0.1, 0.15) is 0 Å². The lowest BCUT2D eigenvalue weighted by Crippen LogP contribution is -2.33. The van der Waals surface area contributed by atoms with Gasteiger partial charge in [0.05, 0.1) is 11.1 Å². The van der Waals surface area contributed by atoms with Gasteiger partial charge in [0.1, 0.15) is 17.7 Å². The molecule has 1 N–H and O–H groups in total. The number of likely N-dealkylation sites (N-methyl/N-ethyl adjacent to an activating group) is 1. The van der Waals surface area contributed by atoms with Crippen LogP contribution in [0.4, 0.5) is 4.39 Å². The van der Waals surface area contributed by atoms with Gasteiger partial charge in [-0.15, -0.1) is 0 Å². The second-order valence-electron chi connectivity index (χ2n) is 3.33. The number of rotatable bonds is 6. The monoisotopic (exact) mass is 291 g/mol. The van der Waals surface area contributed by atoms with Crippen molar-refractivity contribution < 1.29 is 13.9 Å². The van der Waals surface area contributed by atoms with Gasteiger partial charge >= 0.3 is 0 Å². The van der Waals surface area contributed by atoms with E-state index in [4.69, 9.17) is 9.47 Å². The molecule has 0 spiro atoms. The molecule has 0 fully saturated rings. The molecule has 0 radical (unpaired) electrons. The molecule has 1 unspecified atom stereocenters. The number of nitrogens with one attached hydrogen (secondary N) is 1. The van der Waals surface area contributed by atoms with Gasteiger partial charge in [0.25, 0.3) is 0 Å². The average molecular weight is 292 g/mol. The van der Waals surface area contributed by atoms with Crippen molar-refractivity contribution in [2.24, 2.45) is 0 Å². The smallest absolute Gasteiger partial charge is 0.141 e. The Labute approximate surface area is 103 Å². The lowest BCUT2D eigenvalue weighted by molar-refractivity contribution is 0.0816. The molecule has 16 heavy (non-hydrogen) atoms. The summed E-state index contributed by atoms with van der Waals surface area (Å²) in [7, 11) is 3.43. The first-order valence-corrected chi connectivity index (χ1v) is 5.72. The first-order valence-electron chi connectivity index (χ1n) is 4.92. The van der Waals surface area contributed by atoms with E-state index in [1.54, 1.807) is 19.2 Å². The summed E-state index contributed by atoms with van der Waals surface area (Å²) in [6.45, 7) is 1.10. The first-order chi connectivity index (χ1) is 7.67. The Bertz CT molecular complexity index is 330. The van der Waals surface area contributed by atoms with Crippen molar-refractivity contribution in [1.82, 2.24) is 5.32 Å². The molecule has 0 bridgehead atoms. The highest BCUT2D eigenvalue weighted by Gasteiger charge is 2.10. The standard InChI is InChI=1S/C11H15BrFNO2/c1-14-6-9(7-15-2)16-8-3-4-10(12)11(13)5-8/h3-5,9,14H,6-7H2,1-2H3. The molecule has 0 saturated heterocycles. The molecule has 0 heterocycles. The Morgan fingerprint density at radius 3 is 2.81 bits per heavy atom. The molecule has 0 saturated carbocycles. The normalized spacial score (nSPS) is 12.5. The van der Waals surface area contributed by atoms with Crippen molar-refractivity contribution >= 4 is 15.9 Å². The second kappa shape index (κ2) is 6.83. The Kier molecular flexibility index (Phi) is 5.73. The van der Waals surface area contributed by atoms with E-state index < -0.39 is 0 Å². The van der Waals surface area contributed by atoms with Crippen LogP contribution < -0.4 is 10.1 Å². The molecule has 1 aromatic carbocycles. The fourth-order valence-electron chi connectivity index (χ4n) is 1.29. The van der Waals surface area contributed by atoms with Gasteiger partial charge in [-0.3, -0.25) is 0 Å². The van der Waals surface area contributed by atoms with E-state index >= 15 is 0 Å². The van der Waals surface area contributed by atoms with Crippen LogP contribution in [0.5, 0.6) is 5.75 Å². The van der Waals surface area contributed by atoms with Crippen LogP contribution in [-0.2, 0) is 4.74 Å². The van der Waals surface area contributed by atoms with Crippen molar-refractivity contribution in [1.29, 1.82) is 0 Å². The number of methoxy groups -OCH3 is 1. The molecule has 5 heteroatoms. The lowest BCUT2D eigenvalue weighted by Gasteiger charge is -2.18. The summed E-state index contributed by atoms with van der Waals surface area (Å²) in [6, 6.07) is 4.68. The number of ether oxygens (including phenoxy) is 2. The van der Waals surface area contributed by atoms with Crippen molar-refractivity contribution in [3.05, 3.63) is 28.5 Å². The highest BCUT2D eigenvalue weighted by Crippen LogP contribution is 2.21. The van der Waals surface area contributed by atoms with Gasteiger partial charge in [-0.25, -0.2) is 4.39 Å². The van der Waals surface area contributed by atoms with Gasteiger partial charge in [-0.05, 0) is 35.1 Å².